The minimum atomic E-state index is -1.33. The van der Waals surface area contributed by atoms with Crippen LogP contribution in [0.1, 0.15) is 108 Å². The number of rotatable bonds is 31. The standard InChI is InChI=1S/C41H79N7O10/c1-24(2)19-30(32(49)22-34(51)43-14-16-58-18-17-57-15-13-42-12)45-39(54)29(11)44-36(53)23-33(50)31(20-25(3)4)46-40(55)38(28(9)10)48-41(56)37(27(7)8)47-35(52)21-26(5)6/h24-33,37-38,42,49-50H,13-23H2,1-12H3,(H,43,51)(H,44,53)(H,45,54)(H,46,55)(H,47,52)(H,48,56)/t29-,30-,31-,32-,33-,37-,38-/m0/s1. The summed E-state index contributed by atoms with van der Waals surface area (Å²) in [6, 6.07) is -4.54. The van der Waals surface area contributed by atoms with Gasteiger partial charge in [0.05, 0.1) is 63.6 Å². The summed E-state index contributed by atoms with van der Waals surface area (Å²) in [7, 11) is 1.84. The highest BCUT2D eigenvalue weighted by Gasteiger charge is 2.34. The van der Waals surface area contributed by atoms with E-state index in [1.165, 1.54) is 6.92 Å². The zero-order valence-corrected chi connectivity index (χ0v) is 37.4. The zero-order valence-electron chi connectivity index (χ0n) is 37.4. The number of hydrogen-bond donors (Lipinski definition) is 9. The van der Waals surface area contributed by atoms with E-state index in [4.69, 9.17) is 9.47 Å². The van der Waals surface area contributed by atoms with Crippen molar-refractivity contribution in [3.8, 4) is 0 Å². The van der Waals surface area contributed by atoms with Crippen LogP contribution in [0.4, 0.5) is 0 Å². The van der Waals surface area contributed by atoms with Gasteiger partial charge in [-0.15, -0.1) is 0 Å². The number of carbonyl (C=O) groups is 6. The van der Waals surface area contributed by atoms with E-state index in [1.807, 2.05) is 48.6 Å². The van der Waals surface area contributed by atoms with E-state index in [0.29, 0.717) is 32.7 Å². The van der Waals surface area contributed by atoms with Crippen LogP contribution in [0.25, 0.3) is 0 Å². The number of nitrogens with one attached hydrogen (secondary N) is 7. The molecule has 0 fully saturated rings. The van der Waals surface area contributed by atoms with Gasteiger partial charge in [0, 0.05) is 19.5 Å². The average Bonchev–Trinajstić information content (AvgIpc) is 3.10. The Morgan fingerprint density at radius 2 is 0.914 bits per heavy atom. The second-order valence-electron chi connectivity index (χ2n) is 17.1. The summed E-state index contributed by atoms with van der Waals surface area (Å²) in [5, 5.41) is 41.5. The second kappa shape index (κ2) is 29.8. The van der Waals surface area contributed by atoms with Crippen LogP contribution >= 0.6 is 0 Å². The van der Waals surface area contributed by atoms with E-state index in [0.717, 1.165) is 6.54 Å². The number of carbonyl (C=O) groups excluding carboxylic acids is 6. The summed E-state index contributed by atoms with van der Waals surface area (Å²) in [6.45, 7) is 22.7. The van der Waals surface area contributed by atoms with E-state index in [9.17, 15) is 39.0 Å². The Bertz CT molecular complexity index is 1230. The molecule has 17 nitrogen and oxygen atoms in total. The van der Waals surface area contributed by atoms with E-state index in [2.05, 4.69) is 37.2 Å². The van der Waals surface area contributed by atoms with Crippen molar-refractivity contribution >= 4 is 35.4 Å². The average molecular weight is 830 g/mol. The largest absolute Gasteiger partial charge is 0.390 e. The molecule has 6 amide bonds. The van der Waals surface area contributed by atoms with Gasteiger partial charge in [-0.05, 0) is 56.4 Å². The van der Waals surface area contributed by atoms with Gasteiger partial charge < -0.3 is 56.9 Å². The van der Waals surface area contributed by atoms with Gasteiger partial charge >= 0.3 is 0 Å². The summed E-state index contributed by atoms with van der Waals surface area (Å²) in [6.07, 6.45) is -2.28. The number of likely N-dealkylation sites (N-methyl/N-ethyl adjacent to an activating group) is 1. The van der Waals surface area contributed by atoms with Gasteiger partial charge in [-0.1, -0.05) is 69.2 Å². The van der Waals surface area contributed by atoms with Crippen LogP contribution in [-0.4, -0.2) is 135 Å². The summed E-state index contributed by atoms with van der Waals surface area (Å²) in [4.78, 5) is 78.3. The Kier molecular flexibility index (Phi) is 28.0. The van der Waals surface area contributed by atoms with E-state index in [1.54, 1.807) is 27.7 Å². The van der Waals surface area contributed by atoms with Gasteiger partial charge in [0.15, 0.2) is 0 Å². The molecule has 0 aromatic heterocycles. The lowest BCUT2D eigenvalue weighted by atomic mass is 9.95. The van der Waals surface area contributed by atoms with Crippen molar-refractivity contribution in [3.05, 3.63) is 0 Å². The number of hydrogen-bond acceptors (Lipinski definition) is 11. The molecule has 0 saturated carbocycles. The molecule has 0 spiro atoms. The fraction of sp³-hybridized carbons (Fsp3) is 0.854. The lowest BCUT2D eigenvalue weighted by molar-refractivity contribution is -0.134. The minimum absolute atomic E-state index is 0.0133. The number of aliphatic hydroxyl groups excluding tert-OH is 2. The van der Waals surface area contributed by atoms with Crippen molar-refractivity contribution in [2.75, 3.05) is 46.6 Å². The first-order valence-electron chi connectivity index (χ1n) is 21.0. The van der Waals surface area contributed by atoms with Gasteiger partial charge in [0.2, 0.25) is 35.4 Å². The van der Waals surface area contributed by atoms with Crippen LogP contribution in [-0.2, 0) is 38.2 Å². The first-order valence-corrected chi connectivity index (χ1v) is 21.0. The zero-order chi connectivity index (χ0) is 44.5. The van der Waals surface area contributed by atoms with Crippen LogP contribution in [0.5, 0.6) is 0 Å². The topological polar surface area (TPSA) is 246 Å². The number of aliphatic hydroxyl groups is 2. The molecule has 7 atom stereocenters. The van der Waals surface area contributed by atoms with Gasteiger partial charge in [-0.3, -0.25) is 28.8 Å². The number of amides is 6. The molecular weight excluding hydrogens is 750 g/mol. The highest BCUT2D eigenvalue weighted by Crippen LogP contribution is 2.15. The van der Waals surface area contributed by atoms with E-state index in [-0.39, 0.29) is 61.5 Å². The molecule has 0 unspecified atom stereocenters. The van der Waals surface area contributed by atoms with Crippen LogP contribution < -0.4 is 37.2 Å². The van der Waals surface area contributed by atoms with Crippen LogP contribution in [0.15, 0.2) is 0 Å². The first kappa shape index (κ1) is 54.6. The molecule has 0 aliphatic carbocycles. The van der Waals surface area contributed by atoms with Crippen molar-refractivity contribution in [2.45, 2.75) is 151 Å². The molecule has 0 aromatic rings. The van der Waals surface area contributed by atoms with Crippen molar-refractivity contribution in [1.29, 1.82) is 0 Å². The molecule has 0 aliphatic heterocycles. The van der Waals surface area contributed by atoms with Gasteiger partial charge in [0.25, 0.3) is 0 Å². The molecule has 0 heterocycles. The molecule has 0 radical (unpaired) electrons. The van der Waals surface area contributed by atoms with Crippen LogP contribution in [0, 0.1) is 29.6 Å². The van der Waals surface area contributed by atoms with Crippen molar-refractivity contribution in [2.24, 2.45) is 29.6 Å². The van der Waals surface area contributed by atoms with Gasteiger partial charge in [0.1, 0.15) is 18.1 Å². The molecule has 338 valence electrons. The lowest BCUT2D eigenvalue weighted by Crippen LogP contribution is -2.59. The minimum Gasteiger partial charge on any atom is -0.390 e. The molecular formula is C41H79N7O10. The Labute approximate surface area is 347 Å². The molecule has 17 heteroatoms. The van der Waals surface area contributed by atoms with Gasteiger partial charge in [-0.25, -0.2) is 0 Å². The summed E-state index contributed by atoms with van der Waals surface area (Å²) in [5.74, 6) is -3.35. The maximum atomic E-state index is 13.6. The normalized spacial score (nSPS) is 15.4. The quantitative estimate of drug-likeness (QED) is 0.0442. The maximum Gasteiger partial charge on any atom is 0.243 e. The maximum absolute atomic E-state index is 13.6. The highest BCUT2D eigenvalue weighted by atomic mass is 16.5. The lowest BCUT2D eigenvalue weighted by Gasteiger charge is -2.31. The smallest absolute Gasteiger partial charge is 0.243 e. The summed E-state index contributed by atoms with van der Waals surface area (Å²) < 4.78 is 10.8. The molecule has 9 N–H and O–H groups in total. The fourth-order valence-corrected chi connectivity index (χ4v) is 6.00. The molecule has 0 rings (SSSR count). The van der Waals surface area contributed by atoms with Crippen molar-refractivity contribution < 1.29 is 48.5 Å². The van der Waals surface area contributed by atoms with Crippen LogP contribution in [0.2, 0.25) is 0 Å². The SMILES string of the molecule is CNCCOCCOCCNC(=O)C[C@H](O)[C@H](CC(C)C)NC(=O)[C@H](C)NC(=O)C[C@H](O)[C@H](CC(C)C)NC(=O)[C@@H](NC(=O)[C@@H](NC(=O)CC(C)C)C(C)C)C(C)C. The molecule has 0 bridgehead atoms. The molecule has 0 aliphatic rings. The Morgan fingerprint density at radius 1 is 0.483 bits per heavy atom. The Morgan fingerprint density at radius 3 is 1.38 bits per heavy atom. The monoisotopic (exact) mass is 830 g/mol. The van der Waals surface area contributed by atoms with E-state index >= 15 is 0 Å². The fourth-order valence-electron chi connectivity index (χ4n) is 6.00. The van der Waals surface area contributed by atoms with Gasteiger partial charge in [-0.2, -0.15) is 0 Å². The summed E-state index contributed by atoms with van der Waals surface area (Å²) >= 11 is 0. The molecule has 0 saturated heterocycles. The Hall–Kier alpha value is -3.38. The third-order valence-electron chi connectivity index (χ3n) is 9.14. The highest BCUT2D eigenvalue weighted by molar-refractivity contribution is 5.92. The molecule has 58 heavy (non-hydrogen) atoms. The predicted octanol–water partition coefficient (Wildman–Crippen LogP) is 0.751. The third kappa shape index (κ3) is 24.5. The first-order chi connectivity index (χ1) is 27.1. The van der Waals surface area contributed by atoms with Crippen molar-refractivity contribution in [3.63, 3.8) is 0 Å². The van der Waals surface area contributed by atoms with Crippen LogP contribution in [0.3, 0.4) is 0 Å². The third-order valence-corrected chi connectivity index (χ3v) is 9.14. The summed E-state index contributed by atoms with van der Waals surface area (Å²) in [5.41, 5.74) is 0. The van der Waals surface area contributed by atoms with E-state index < -0.39 is 78.4 Å². The molecule has 0 aromatic carbocycles. The number of ether oxygens (including phenoxy) is 2. The predicted molar refractivity (Wildman–Crippen MR) is 223 cm³/mol. The second-order valence-corrected chi connectivity index (χ2v) is 17.1. The van der Waals surface area contributed by atoms with Crippen molar-refractivity contribution in [1.82, 2.24) is 37.2 Å². The Balaban J connectivity index is 5.39.